The maximum atomic E-state index is 11.9. The van der Waals surface area contributed by atoms with Crippen molar-refractivity contribution in [3.05, 3.63) is 60.1 Å². The molecule has 0 spiro atoms. The van der Waals surface area contributed by atoms with Crippen molar-refractivity contribution in [1.82, 2.24) is 16.0 Å². The first kappa shape index (κ1) is 17.7. The molecule has 2 rings (SSSR count). The van der Waals surface area contributed by atoms with Crippen molar-refractivity contribution in [2.24, 2.45) is 0 Å². The van der Waals surface area contributed by atoms with Gasteiger partial charge < -0.3 is 9.73 Å². The molecular weight excluding hydrogens is 306 g/mol. The normalized spacial score (nSPS) is 11.7. The van der Waals surface area contributed by atoms with Gasteiger partial charge in [0.15, 0.2) is 0 Å². The summed E-state index contributed by atoms with van der Waals surface area (Å²) >= 11 is 0. The fourth-order valence-corrected chi connectivity index (χ4v) is 2.27. The Balaban J connectivity index is 1.89. The molecule has 0 radical (unpaired) electrons. The summed E-state index contributed by atoms with van der Waals surface area (Å²) in [6.45, 7) is 2.59. The molecule has 0 saturated heterocycles. The smallest absolute Gasteiger partial charge is 0.321 e. The largest absolute Gasteiger partial charge is 0.467 e. The lowest BCUT2D eigenvalue weighted by molar-refractivity contribution is -0.119. The number of amides is 3. The maximum absolute atomic E-state index is 11.9. The molecule has 0 bridgehead atoms. The van der Waals surface area contributed by atoms with Crippen LogP contribution in [0.15, 0.2) is 53.1 Å². The second-order valence-electron chi connectivity index (χ2n) is 5.40. The lowest BCUT2D eigenvalue weighted by atomic mass is 10.0. The van der Waals surface area contributed by atoms with Crippen molar-refractivity contribution >= 4 is 11.9 Å². The van der Waals surface area contributed by atoms with Gasteiger partial charge in [0.2, 0.25) is 5.91 Å². The van der Waals surface area contributed by atoms with Gasteiger partial charge in [-0.3, -0.25) is 15.4 Å². The van der Waals surface area contributed by atoms with Gasteiger partial charge in [-0.15, -0.1) is 0 Å². The van der Waals surface area contributed by atoms with Crippen LogP contribution < -0.4 is 16.0 Å². The van der Waals surface area contributed by atoms with Gasteiger partial charge in [0.05, 0.1) is 18.8 Å². The molecule has 1 atom stereocenters. The standard InChI is InChI=1S/C18H23N3O3/c1-2-3-11-19-18(23)21-16(22)13-20-17(15-10-7-12-24-15)14-8-5-4-6-9-14/h4-10,12,17,20H,2-3,11,13H2,1H3,(H2,19,21,22,23)/t17-/m0/s1. The Bertz CT molecular complexity index is 626. The van der Waals surface area contributed by atoms with Crippen LogP contribution in [0.3, 0.4) is 0 Å². The van der Waals surface area contributed by atoms with Gasteiger partial charge in [0.1, 0.15) is 5.76 Å². The molecule has 2 aromatic rings. The Kier molecular flexibility index (Phi) is 7.04. The molecule has 1 aromatic carbocycles. The molecule has 3 N–H and O–H groups in total. The van der Waals surface area contributed by atoms with Crippen LogP contribution in [0.4, 0.5) is 4.79 Å². The molecule has 0 saturated carbocycles. The minimum absolute atomic E-state index is 0.00145. The van der Waals surface area contributed by atoms with Gasteiger partial charge in [0, 0.05) is 6.54 Å². The molecule has 24 heavy (non-hydrogen) atoms. The number of urea groups is 1. The first-order valence-electron chi connectivity index (χ1n) is 8.10. The maximum Gasteiger partial charge on any atom is 0.321 e. The fourth-order valence-electron chi connectivity index (χ4n) is 2.27. The lowest BCUT2D eigenvalue weighted by Gasteiger charge is -2.17. The number of carbonyl (C=O) groups is 2. The van der Waals surface area contributed by atoms with Crippen molar-refractivity contribution in [1.29, 1.82) is 0 Å². The molecule has 1 aromatic heterocycles. The molecule has 1 heterocycles. The highest BCUT2D eigenvalue weighted by molar-refractivity contribution is 5.95. The molecule has 6 heteroatoms. The Labute approximate surface area is 141 Å². The zero-order valence-electron chi connectivity index (χ0n) is 13.7. The van der Waals surface area contributed by atoms with Crippen LogP contribution in [-0.2, 0) is 4.79 Å². The predicted octanol–water partition coefficient (Wildman–Crippen LogP) is 2.58. The van der Waals surface area contributed by atoms with Crippen molar-refractivity contribution in [3.63, 3.8) is 0 Å². The zero-order valence-corrected chi connectivity index (χ0v) is 13.7. The summed E-state index contributed by atoms with van der Waals surface area (Å²) in [5.74, 6) is 0.317. The molecular formula is C18H23N3O3. The molecule has 0 fully saturated rings. The number of hydrogen-bond acceptors (Lipinski definition) is 4. The third-order valence-electron chi connectivity index (χ3n) is 3.50. The van der Waals surface area contributed by atoms with Gasteiger partial charge in [-0.2, -0.15) is 0 Å². The van der Waals surface area contributed by atoms with E-state index in [0.717, 1.165) is 18.4 Å². The van der Waals surface area contributed by atoms with Gasteiger partial charge in [-0.1, -0.05) is 43.7 Å². The Morgan fingerprint density at radius 2 is 1.92 bits per heavy atom. The van der Waals surface area contributed by atoms with E-state index in [1.54, 1.807) is 12.3 Å². The second kappa shape index (κ2) is 9.52. The summed E-state index contributed by atoms with van der Waals surface area (Å²) in [6.07, 6.45) is 3.46. The van der Waals surface area contributed by atoms with E-state index in [4.69, 9.17) is 4.42 Å². The highest BCUT2D eigenvalue weighted by Gasteiger charge is 2.18. The van der Waals surface area contributed by atoms with Gasteiger partial charge in [-0.05, 0) is 24.1 Å². The van der Waals surface area contributed by atoms with Crippen LogP contribution in [-0.4, -0.2) is 25.0 Å². The Hall–Kier alpha value is -2.60. The molecule has 6 nitrogen and oxygen atoms in total. The fraction of sp³-hybridized carbons (Fsp3) is 0.333. The van der Waals surface area contributed by atoms with Gasteiger partial charge >= 0.3 is 6.03 Å². The molecule has 128 valence electrons. The molecule has 3 amide bonds. The predicted molar refractivity (Wildman–Crippen MR) is 91.4 cm³/mol. The van der Waals surface area contributed by atoms with Crippen molar-refractivity contribution in [2.75, 3.05) is 13.1 Å². The summed E-state index contributed by atoms with van der Waals surface area (Å²) in [7, 11) is 0. The first-order valence-corrected chi connectivity index (χ1v) is 8.10. The van der Waals surface area contributed by atoms with Crippen molar-refractivity contribution < 1.29 is 14.0 Å². The minimum atomic E-state index is -0.468. The number of unbranched alkanes of at least 4 members (excludes halogenated alkanes) is 1. The number of imide groups is 1. The third-order valence-corrected chi connectivity index (χ3v) is 3.50. The van der Waals surface area contributed by atoms with Gasteiger partial charge in [-0.25, -0.2) is 4.79 Å². The number of rotatable bonds is 8. The van der Waals surface area contributed by atoms with Gasteiger partial charge in [0.25, 0.3) is 0 Å². The number of benzene rings is 1. The average molecular weight is 329 g/mol. The Morgan fingerprint density at radius 1 is 1.12 bits per heavy atom. The summed E-state index contributed by atoms with van der Waals surface area (Å²) in [4.78, 5) is 23.5. The van der Waals surface area contributed by atoms with Crippen LogP contribution in [0.5, 0.6) is 0 Å². The van der Waals surface area contributed by atoms with Crippen molar-refractivity contribution in [3.8, 4) is 0 Å². The first-order chi connectivity index (χ1) is 11.7. The summed E-state index contributed by atoms with van der Waals surface area (Å²) < 4.78 is 5.46. The van der Waals surface area contributed by atoms with E-state index in [0.29, 0.717) is 12.3 Å². The number of carbonyl (C=O) groups excluding carboxylic acids is 2. The number of hydrogen-bond donors (Lipinski definition) is 3. The van der Waals surface area contributed by atoms with Crippen LogP contribution in [0, 0.1) is 0 Å². The second-order valence-corrected chi connectivity index (χ2v) is 5.40. The van der Waals surface area contributed by atoms with Crippen LogP contribution in [0.1, 0.15) is 37.1 Å². The summed E-state index contributed by atoms with van der Waals surface area (Å²) in [6, 6.07) is 12.6. The van der Waals surface area contributed by atoms with E-state index in [9.17, 15) is 9.59 Å². The van der Waals surface area contributed by atoms with Crippen LogP contribution in [0.2, 0.25) is 0 Å². The van der Waals surface area contributed by atoms with E-state index in [-0.39, 0.29) is 12.6 Å². The van der Waals surface area contributed by atoms with E-state index < -0.39 is 11.9 Å². The topological polar surface area (TPSA) is 83.4 Å². The minimum Gasteiger partial charge on any atom is -0.467 e. The van der Waals surface area contributed by atoms with Crippen molar-refractivity contribution in [2.45, 2.75) is 25.8 Å². The molecule has 0 aliphatic carbocycles. The summed E-state index contributed by atoms with van der Waals surface area (Å²) in [5.41, 5.74) is 0.979. The molecule has 0 aliphatic rings. The molecule has 0 aliphatic heterocycles. The van der Waals surface area contributed by atoms with E-state index >= 15 is 0 Å². The lowest BCUT2D eigenvalue weighted by Crippen LogP contribution is -2.44. The highest BCUT2D eigenvalue weighted by Crippen LogP contribution is 2.21. The number of nitrogens with one attached hydrogen (secondary N) is 3. The van der Waals surface area contributed by atoms with E-state index in [1.807, 2.05) is 43.3 Å². The quantitative estimate of drug-likeness (QED) is 0.650. The zero-order chi connectivity index (χ0) is 17.2. The van der Waals surface area contributed by atoms with E-state index in [1.165, 1.54) is 0 Å². The van der Waals surface area contributed by atoms with E-state index in [2.05, 4.69) is 16.0 Å². The summed E-state index contributed by atoms with van der Waals surface area (Å²) in [5, 5.41) is 8.08. The van der Waals surface area contributed by atoms with Crippen LogP contribution in [0.25, 0.3) is 0 Å². The Morgan fingerprint density at radius 3 is 2.58 bits per heavy atom. The third kappa shape index (κ3) is 5.55. The SMILES string of the molecule is CCCCNC(=O)NC(=O)CN[C@@H](c1ccccc1)c1ccco1. The monoisotopic (exact) mass is 329 g/mol. The average Bonchev–Trinajstić information content (AvgIpc) is 3.10. The number of furan rings is 1. The molecule has 0 unspecified atom stereocenters. The highest BCUT2D eigenvalue weighted by atomic mass is 16.3. The van der Waals surface area contributed by atoms with Crippen LogP contribution >= 0.6 is 0 Å².